The molecule has 0 radical (unpaired) electrons. The quantitative estimate of drug-likeness (QED) is 0.528. The summed E-state index contributed by atoms with van der Waals surface area (Å²) in [6.45, 7) is 9.35. The Morgan fingerprint density at radius 3 is 2.52 bits per heavy atom. The highest BCUT2D eigenvalue weighted by Gasteiger charge is 2.21. The van der Waals surface area contributed by atoms with Crippen LogP contribution < -0.4 is 10.7 Å². The van der Waals surface area contributed by atoms with Crippen molar-refractivity contribution in [1.29, 1.82) is 0 Å². The van der Waals surface area contributed by atoms with E-state index in [1.54, 1.807) is 0 Å². The molecule has 0 fully saturated rings. The summed E-state index contributed by atoms with van der Waals surface area (Å²) in [6, 6.07) is 10.8. The van der Waals surface area contributed by atoms with E-state index in [1.165, 1.54) is 11.1 Å². The second-order valence-corrected chi connectivity index (χ2v) is 13.5. The first kappa shape index (κ1) is 19.5. The number of rotatable bonds is 3. The van der Waals surface area contributed by atoms with E-state index >= 15 is 0 Å². The van der Waals surface area contributed by atoms with Crippen LogP contribution in [0.25, 0.3) is 11.0 Å². The van der Waals surface area contributed by atoms with Gasteiger partial charge < -0.3 is 9.88 Å². The largest absolute Gasteiger partial charge is 0.380 e. The van der Waals surface area contributed by atoms with Crippen molar-refractivity contribution in [2.24, 2.45) is 0 Å². The molecule has 4 rings (SSSR count). The van der Waals surface area contributed by atoms with Gasteiger partial charge in [0.25, 0.3) is 0 Å². The molecule has 0 saturated heterocycles. The predicted octanol–water partition coefficient (Wildman–Crippen LogP) is 4.22. The molecule has 0 amide bonds. The van der Waals surface area contributed by atoms with Crippen LogP contribution in [0.4, 0.5) is 5.69 Å². The molecule has 2 aromatic heterocycles. The molecule has 5 heteroatoms. The molecule has 1 aliphatic rings. The van der Waals surface area contributed by atoms with Crippen LogP contribution in [0.2, 0.25) is 19.6 Å². The van der Waals surface area contributed by atoms with Crippen LogP contribution in [0.1, 0.15) is 23.6 Å². The van der Waals surface area contributed by atoms with Crippen molar-refractivity contribution in [2.45, 2.75) is 52.0 Å². The van der Waals surface area contributed by atoms with Gasteiger partial charge in [-0.3, -0.25) is 4.79 Å². The monoisotopic (exact) mass is 401 g/mol. The molecule has 4 nitrogen and oxygen atoms in total. The van der Waals surface area contributed by atoms with Gasteiger partial charge in [0.2, 0.25) is 5.43 Å². The molecule has 0 atom stereocenters. The zero-order valence-electron chi connectivity index (χ0n) is 17.5. The van der Waals surface area contributed by atoms with Crippen LogP contribution in [0.3, 0.4) is 0 Å². The maximum Gasteiger partial charge on any atom is 0.206 e. The van der Waals surface area contributed by atoms with Gasteiger partial charge in [-0.2, -0.15) is 0 Å². The number of nitrogens with zero attached hydrogens (tertiary/aromatic N) is 2. The van der Waals surface area contributed by atoms with Gasteiger partial charge in [0.15, 0.2) is 0 Å². The lowest BCUT2D eigenvalue weighted by Gasteiger charge is -2.15. The summed E-state index contributed by atoms with van der Waals surface area (Å²) in [5.41, 5.74) is 8.27. The van der Waals surface area contributed by atoms with Crippen LogP contribution in [0.15, 0.2) is 47.5 Å². The fourth-order valence-electron chi connectivity index (χ4n) is 3.83. The summed E-state index contributed by atoms with van der Waals surface area (Å²) in [5, 5.41) is 4.21. The zero-order valence-corrected chi connectivity index (χ0v) is 18.5. The minimum Gasteiger partial charge on any atom is -0.380 e. The van der Waals surface area contributed by atoms with E-state index in [1.807, 2.05) is 23.0 Å². The summed E-state index contributed by atoms with van der Waals surface area (Å²) in [5.74, 6) is 3.15. The second kappa shape index (κ2) is 7.53. The van der Waals surface area contributed by atoms with Crippen LogP contribution >= 0.6 is 0 Å². The average Bonchev–Trinajstić information content (AvgIpc) is 3.09. The number of aromatic nitrogens is 2. The Morgan fingerprint density at radius 1 is 1.21 bits per heavy atom. The molecule has 1 aromatic carbocycles. The fourth-order valence-corrected chi connectivity index (χ4v) is 4.34. The van der Waals surface area contributed by atoms with E-state index in [4.69, 9.17) is 0 Å². The number of nitrogens with one attached hydrogen (secondary N) is 1. The highest BCUT2D eigenvalue weighted by molar-refractivity contribution is 6.83. The Hall–Kier alpha value is -2.84. The first-order valence-corrected chi connectivity index (χ1v) is 13.7. The Labute approximate surface area is 173 Å². The van der Waals surface area contributed by atoms with Gasteiger partial charge in [-0.15, -0.1) is 5.54 Å². The third-order valence-corrected chi connectivity index (χ3v) is 6.12. The number of pyridine rings is 2. The van der Waals surface area contributed by atoms with E-state index in [9.17, 15) is 4.79 Å². The first-order valence-electron chi connectivity index (χ1n) is 10.2. The number of hydrogen-bond donors (Lipinski definition) is 1. The maximum atomic E-state index is 13.1. The Bertz CT molecular complexity index is 1170. The van der Waals surface area contributed by atoms with Crippen molar-refractivity contribution in [3.63, 3.8) is 0 Å². The number of fused-ring (bicyclic) bond motifs is 2. The van der Waals surface area contributed by atoms with Gasteiger partial charge >= 0.3 is 0 Å². The van der Waals surface area contributed by atoms with E-state index in [0.717, 1.165) is 30.7 Å². The molecule has 2 heterocycles. The van der Waals surface area contributed by atoms with Crippen molar-refractivity contribution in [3.8, 4) is 11.5 Å². The molecule has 0 spiro atoms. The molecular formula is C24H27N3OSi. The van der Waals surface area contributed by atoms with Crippen molar-refractivity contribution in [3.05, 3.63) is 69.6 Å². The lowest BCUT2D eigenvalue weighted by Crippen LogP contribution is -2.21. The molecule has 0 saturated carbocycles. The minimum atomic E-state index is -1.56. The van der Waals surface area contributed by atoms with Gasteiger partial charge in [0.05, 0.1) is 22.8 Å². The van der Waals surface area contributed by atoms with Crippen LogP contribution in [-0.2, 0) is 19.4 Å². The minimum absolute atomic E-state index is 0.0266. The van der Waals surface area contributed by atoms with Crippen LogP contribution in [0.5, 0.6) is 0 Å². The molecule has 29 heavy (non-hydrogen) atoms. The van der Waals surface area contributed by atoms with Gasteiger partial charge in [-0.25, -0.2) is 4.98 Å². The summed E-state index contributed by atoms with van der Waals surface area (Å²) in [4.78, 5) is 17.7. The fraction of sp³-hybridized carbons (Fsp3) is 0.333. The Balaban J connectivity index is 1.70. The predicted molar refractivity (Wildman–Crippen MR) is 123 cm³/mol. The maximum absolute atomic E-state index is 13.1. The third kappa shape index (κ3) is 4.13. The third-order valence-electron chi connectivity index (χ3n) is 5.25. The molecule has 1 aliphatic carbocycles. The normalized spacial score (nSPS) is 13.8. The summed E-state index contributed by atoms with van der Waals surface area (Å²) in [6.07, 6.45) is 5.68. The van der Waals surface area contributed by atoms with Crippen molar-refractivity contribution in [1.82, 2.24) is 9.55 Å². The SMILES string of the molecule is CCn1cc(C#C[Si](C)(C)C)c(=O)c2cc(NC3Cc4ccccc4C3)cnc21. The van der Waals surface area contributed by atoms with E-state index in [-0.39, 0.29) is 5.43 Å². The molecular weight excluding hydrogens is 374 g/mol. The van der Waals surface area contributed by atoms with E-state index < -0.39 is 8.07 Å². The number of aryl methyl sites for hydroxylation is 1. The topological polar surface area (TPSA) is 46.9 Å². The highest BCUT2D eigenvalue weighted by Crippen LogP contribution is 2.25. The van der Waals surface area contributed by atoms with E-state index in [2.05, 4.69) is 72.6 Å². The summed E-state index contributed by atoms with van der Waals surface area (Å²) < 4.78 is 2.01. The lowest BCUT2D eigenvalue weighted by atomic mass is 10.1. The van der Waals surface area contributed by atoms with Crippen molar-refractivity contribution < 1.29 is 0 Å². The number of hydrogen-bond acceptors (Lipinski definition) is 3. The smallest absolute Gasteiger partial charge is 0.206 e. The Morgan fingerprint density at radius 2 is 1.90 bits per heavy atom. The lowest BCUT2D eigenvalue weighted by molar-refractivity contribution is 0.768. The second-order valence-electron chi connectivity index (χ2n) is 8.77. The average molecular weight is 402 g/mol. The number of anilines is 1. The molecule has 148 valence electrons. The van der Waals surface area contributed by atoms with Gasteiger partial charge in [0.1, 0.15) is 13.7 Å². The van der Waals surface area contributed by atoms with Gasteiger partial charge in [-0.05, 0) is 37.0 Å². The molecule has 0 unspecified atom stereocenters. The van der Waals surface area contributed by atoms with Crippen LogP contribution in [0, 0.1) is 11.5 Å². The van der Waals surface area contributed by atoms with Crippen molar-refractivity contribution >= 4 is 24.8 Å². The number of benzene rings is 1. The summed E-state index contributed by atoms with van der Waals surface area (Å²) in [7, 11) is -1.56. The first-order chi connectivity index (χ1) is 13.8. The highest BCUT2D eigenvalue weighted by atomic mass is 28.3. The zero-order chi connectivity index (χ0) is 20.6. The molecule has 3 aromatic rings. The Kier molecular flexibility index (Phi) is 5.06. The van der Waals surface area contributed by atoms with Crippen LogP contribution in [-0.4, -0.2) is 23.7 Å². The molecule has 1 N–H and O–H groups in total. The summed E-state index contributed by atoms with van der Waals surface area (Å²) >= 11 is 0. The standard InChI is InChI=1S/C24H27N3OSi/c1-5-27-16-19(10-11-29(2,3)4)23(28)22-14-21(15-25-24(22)27)26-20-12-17-8-6-7-9-18(17)13-20/h6-9,14-16,20,26H,5,12-13H2,1-4H3. The molecule has 0 bridgehead atoms. The van der Waals surface area contributed by atoms with E-state index in [0.29, 0.717) is 17.0 Å². The van der Waals surface area contributed by atoms with Gasteiger partial charge in [-0.1, -0.05) is 49.8 Å². The van der Waals surface area contributed by atoms with Crippen molar-refractivity contribution in [2.75, 3.05) is 5.32 Å². The van der Waals surface area contributed by atoms with Gasteiger partial charge in [0, 0.05) is 18.8 Å². The molecule has 0 aliphatic heterocycles.